The molecule has 1 atom stereocenters. The molecule has 268 valence electrons. The Labute approximate surface area is 293 Å². The zero-order valence-electron chi connectivity index (χ0n) is 30.2. The van der Waals surface area contributed by atoms with Crippen molar-refractivity contribution in [1.29, 1.82) is 0 Å². The van der Waals surface area contributed by atoms with Gasteiger partial charge >= 0.3 is 11.9 Å². The summed E-state index contributed by atoms with van der Waals surface area (Å²) >= 11 is 0. The molecule has 0 unspecified atom stereocenters. The van der Waals surface area contributed by atoms with E-state index in [0.717, 1.165) is 64.2 Å². The Morgan fingerprint density at radius 1 is 0.500 bits per heavy atom. The fourth-order valence-electron chi connectivity index (χ4n) is 4.28. The van der Waals surface area contributed by atoms with Crippen LogP contribution in [0.2, 0.25) is 0 Å². The molecule has 0 saturated carbocycles. The van der Waals surface area contributed by atoms with Crippen molar-refractivity contribution in [2.24, 2.45) is 0 Å². The molecule has 0 bridgehead atoms. The minimum Gasteiger partial charge on any atom is -0.462 e. The molecule has 0 spiro atoms. The van der Waals surface area contributed by atoms with Crippen LogP contribution in [0.1, 0.15) is 129 Å². The molecule has 0 rings (SSSR count). The molecule has 0 radical (unpaired) electrons. The minimum atomic E-state index is -0.830. The van der Waals surface area contributed by atoms with Gasteiger partial charge < -0.3 is 14.6 Å². The van der Waals surface area contributed by atoms with Gasteiger partial charge in [0.25, 0.3) is 0 Å². The summed E-state index contributed by atoms with van der Waals surface area (Å²) in [5.74, 6) is -0.739. The van der Waals surface area contributed by atoms with Crippen molar-refractivity contribution in [3.8, 4) is 0 Å². The lowest BCUT2D eigenvalue weighted by atomic mass is 10.2. The third kappa shape index (κ3) is 35.4. The maximum absolute atomic E-state index is 12.1. The molecular formula is C43H66O5. The van der Waals surface area contributed by atoms with Crippen molar-refractivity contribution in [3.63, 3.8) is 0 Å². The van der Waals surface area contributed by atoms with Crippen molar-refractivity contribution >= 4 is 11.9 Å². The highest BCUT2D eigenvalue weighted by atomic mass is 16.6. The lowest BCUT2D eigenvalue weighted by Crippen LogP contribution is -2.28. The third-order valence-electron chi connectivity index (χ3n) is 7.05. The van der Waals surface area contributed by atoms with Gasteiger partial charge in [-0.3, -0.25) is 9.59 Å². The van der Waals surface area contributed by atoms with Crippen LogP contribution in [0.5, 0.6) is 0 Å². The largest absolute Gasteiger partial charge is 0.462 e. The van der Waals surface area contributed by atoms with Crippen LogP contribution in [0.15, 0.2) is 109 Å². The highest BCUT2D eigenvalue weighted by Crippen LogP contribution is 2.06. The smallest absolute Gasteiger partial charge is 0.306 e. The van der Waals surface area contributed by atoms with Crippen molar-refractivity contribution in [2.45, 2.75) is 136 Å². The molecule has 0 aliphatic carbocycles. The van der Waals surface area contributed by atoms with Gasteiger partial charge in [-0.15, -0.1) is 0 Å². The lowest BCUT2D eigenvalue weighted by Gasteiger charge is -2.15. The number of aliphatic hydroxyl groups is 1. The summed E-state index contributed by atoms with van der Waals surface area (Å²) in [6, 6.07) is 0. The molecule has 0 aliphatic heterocycles. The van der Waals surface area contributed by atoms with E-state index in [1.165, 1.54) is 25.7 Å². The van der Waals surface area contributed by atoms with Crippen molar-refractivity contribution in [1.82, 2.24) is 0 Å². The molecule has 5 nitrogen and oxygen atoms in total. The van der Waals surface area contributed by atoms with E-state index in [9.17, 15) is 14.7 Å². The normalized spacial score (nSPS) is 13.5. The van der Waals surface area contributed by atoms with Gasteiger partial charge in [0.05, 0.1) is 6.61 Å². The van der Waals surface area contributed by atoms with Crippen LogP contribution in [0.4, 0.5) is 0 Å². The number of esters is 2. The fraction of sp³-hybridized carbons (Fsp3) is 0.535. The van der Waals surface area contributed by atoms with Crippen LogP contribution in [-0.2, 0) is 19.1 Å². The quantitative estimate of drug-likeness (QED) is 0.0454. The van der Waals surface area contributed by atoms with Crippen LogP contribution in [0.3, 0.4) is 0 Å². The average molecular weight is 663 g/mol. The number of hydrogen-bond donors (Lipinski definition) is 1. The monoisotopic (exact) mass is 662 g/mol. The van der Waals surface area contributed by atoms with Gasteiger partial charge in [0.15, 0.2) is 6.10 Å². The Balaban J connectivity index is 3.82. The van der Waals surface area contributed by atoms with E-state index in [4.69, 9.17) is 9.47 Å². The van der Waals surface area contributed by atoms with Crippen molar-refractivity contribution in [3.05, 3.63) is 109 Å². The van der Waals surface area contributed by atoms with Crippen LogP contribution in [-0.4, -0.2) is 36.4 Å². The Hall–Kier alpha value is -3.44. The Bertz CT molecular complexity index is 1020. The maximum Gasteiger partial charge on any atom is 0.306 e. The molecular weight excluding hydrogens is 596 g/mol. The first-order valence-corrected chi connectivity index (χ1v) is 18.4. The van der Waals surface area contributed by atoms with Gasteiger partial charge in [-0.25, -0.2) is 0 Å². The molecule has 0 amide bonds. The average Bonchev–Trinajstić information content (AvgIpc) is 3.09. The van der Waals surface area contributed by atoms with E-state index in [0.29, 0.717) is 12.8 Å². The first kappa shape index (κ1) is 44.6. The van der Waals surface area contributed by atoms with Gasteiger partial charge in [0.1, 0.15) is 6.61 Å². The van der Waals surface area contributed by atoms with Crippen molar-refractivity contribution < 1.29 is 24.2 Å². The Morgan fingerprint density at radius 3 is 1.27 bits per heavy atom. The van der Waals surface area contributed by atoms with E-state index in [1.807, 2.05) is 0 Å². The number of allylic oxidation sites excluding steroid dienone is 18. The standard InChI is InChI=1S/C43H66O5/c1-3-5-7-9-11-13-15-17-19-21-23-25-27-29-31-33-35-37-42(45)47-40-41(39-44)48-43(46)38-36-34-32-30-28-26-24-22-20-18-16-14-12-10-8-6-4-2/h5,7,11-14,17-20,23-26,29-32,41,44H,3-4,6,8-10,15-16,21-22,27-28,33-40H2,1-2H3/b7-5-,13-11-,14-12-,19-17-,20-18-,25-23-,26-24-,31-29-,32-30-/t41-/m0/s1. The molecule has 0 heterocycles. The number of hydrogen-bond acceptors (Lipinski definition) is 5. The molecule has 0 aromatic carbocycles. The summed E-state index contributed by atoms with van der Waals surface area (Å²) in [5.41, 5.74) is 0. The molecule has 1 N–H and O–H groups in total. The second kappa shape index (κ2) is 38.0. The van der Waals surface area contributed by atoms with Crippen LogP contribution in [0, 0.1) is 0 Å². The Morgan fingerprint density at radius 2 is 0.875 bits per heavy atom. The number of aliphatic hydroxyl groups excluding tert-OH is 1. The third-order valence-corrected chi connectivity index (χ3v) is 7.05. The van der Waals surface area contributed by atoms with E-state index in [2.05, 4.69) is 123 Å². The van der Waals surface area contributed by atoms with Gasteiger partial charge in [-0.05, 0) is 89.9 Å². The van der Waals surface area contributed by atoms with E-state index in [-0.39, 0.29) is 38.0 Å². The second-order valence-corrected chi connectivity index (χ2v) is 11.6. The number of ether oxygens (including phenoxy) is 2. The first-order chi connectivity index (χ1) is 23.6. The van der Waals surface area contributed by atoms with E-state index < -0.39 is 6.10 Å². The molecule has 48 heavy (non-hydrogen) atoms. The van der Waals surface area contributed by atoms with Gasteiger partial charge in [-0.1, -0.05) is 136 Å². The molecule has 5 heteroatoms. The summed E-state index contributed by atoms with van der Waals surface area (Å²) in [6.07, 6.45) is 54.4. The first-order valence-electron chi connectivity index (χ1n) is 18.4. The number of carbonyl (C=O) groups is 2. The van der Waals surface area contributed by atoms with Gasteiger partial charge in [0, 0.05) is 12.8 Å². The van der Waals surface area contributed by atoms with E-state index >= 15 is 0 Å². The molecule has 0 aliphatic rings. The molecule has 0 aromatic heterocycles. The molecule has 0 aromatic rings. The van der Waals surface area contributed by atoms with E-state index in [1.54, 1.807) is 0 Å². The summed E-state index contributed by atoms with van der Waals surface area (Å²) in [6.45, 7) is 3.87. The van der Waals surface area contributed by atoms with Crippen molar-refractivity contribution in [2.75, 3.05) is 13.2 Å². The molecule has 0 saturated heterocycles. The Kier molecular flexibility index (Phi) is 35.3. The number of rotatable bonds is 31. The minimum absolute atomic E-state index is 0.125. The van der Waals surface area contributed by atoms with Crippen LogP contribution in [0.25, 0.3) is 0 Å². The number of unbranched alkanes of at least 4 members (excludes halogenated alkanes) is 5. The van der Waals surface area contributed by atoms with Crippen LogP contribution < -0.4 is 0 Å². The van der Waals surface area contributed by atoms with Crippen LogP contribution >= 0.6 is 0 Å². The highest BCUT2D eigenvalue weighted by molar-refractivity contribution is 5.70. The summed E-state index contributed by atoms with van der Waals surface area (Å²) < 4.78 is 10.5. The van der Waals surface area contributed by atoms with Gasteiger partial charge in [-0.2, -0.15) is 0 Å². The zero-order chi connectivity index (χ0) is 35.0. The highest BCUT2D eigenvalue weighted by Gasteiger charge is 2.15. The SMILES string of the molecule is CC/C=C\C/C=C\C/C=C\C/C=C\C/C=C\CCCC(=O)OC[C@H](CO)OC(=O)CCC/C=C\C/C=C\C/C=C\C/C=C\CCCCC. The molecule has 0 fully saturated rings. The predicted octanol–water partition coefficient (Wildman–Crippen LogP) is 11.5. The summed E-state index contributed by atoms with van der Waals surface area (Å²) in [5, 5.41) is 9.52. The predicted molar refractivity (Wildman–Crippen MR) is 205 cm³/mol. The lowest BCUT2D eigenvalue weighted by molar-refractivity contribution is -0.161. The zero-order valence-corrected chi connectivity index (χ0v) is 30.2. The topological polar surface area (TPSA) is 72.8 Å². The summed E-state index contributed by atoms with van der Waals surface area (Å²) in [7, 11) is 0. The number of carbonyl (C=O) groups excluding carboxylic acids is 2. The maximum atomic E-state index is 12.1. The second-order valence-electron chi connectivity index (χ2n) is 11.6. The summed E-state index contributed by atoms with van der Waals surface area (Å²) in [4.78, 5) is 24.2. The fourth-order valence-corrected chi connectivity index (χ4v) is 4.28. The van der Waals surface area contributed by atoms with Gasteiger partial charge in [0.2, 0.25) is 0 Å².